The predicted octanol–water partition coefficient (Wildman–Crippen LogP) is 1.32. The van der Waals surface area contributed by atoms with E-state index in [0.717, 1.165) is 23.5 Å². The SMILES string of the molecule is COC1=C[C@H]2C[C@H]3[C@H](N(C)C)c4onc(C)c4[C@H](O)[C@@]13O2. The molecular weight excluding hydrogens is 272 g/mol. The van der Waals surface area contributed by atoms with Crippen LogP contribution in [0.1, 0.15) is 35.6 Å². The molecule has 1 aliphatic carbocycles. The molecule has 3 heterocycles. The number of aliphatic hydroxyl groups is 1. The van der Waals surface area contributed by atoms with Gasteiger partial charge in [0.2, 0.25) is 0 Å². The minimum atomic E-state index is -0.808. The number of ether oxygens (including phenoxy) is 2. The number of fused-ring (bicyclic) bond motifs is 2. The van der Waals surface area contributed by atoms with E-state index in [1.807, 2.05) is 27.1 Å². The molecule has 4 rings (SSSR count). The van der Waals surface area contributed by atoms with Crippen molar-refractivity contribution in [2.75, 3.05) is 21.2 Å². The first-order valence-corrected chi connectivity index (χ1v) is 7.25. The summed E-state index contributed by atoms with van der Waals surface area (Å²) < 4.78 is 17.3. The number of rotatable bonds is 2. The summed E-state index contributed by atoms with van der Waals surface area (Å²) in [6.45, 7) is 1.85. The van der Waals surface area contributed by atoms with Crippen molar-refractivity contribution in [2.24, 2.45) is 5.92 Å². The zero-order valence-electron chi connectivity index (χ0n) is 12.7. The number of aromatic nitrogens is 1. The van der Waals surface area contributed by atoms with E-state index in [9.17, 15) is 5.11 Å². The van der Waals surface area contributed by atoms with Crippen molar-refractivity contribution in [1.82, 2.24) is 10.1 Å². The molecule has 1 N–H and O–H groups in total. The molecule has 1 aromatic heterocycles. The molecule has 0 amide bonds. The zero-order valence-corrected chi connectivity index (χ0v) is 12.7. The Hall–Kier alpha value is -1.37. The lowest BCUT2D eigenvalue weighted by Gasteiger charge is -2.46. The smallest absolute Gasteiger partial charge is 0.160 e. The Kier molecular flexibility index (Phi) is 2.59. The van der Waals surface area contributed by atoms with Gasteiger partial charge in [0.25, 0.3) is 0 Å². The van der Waals surface area contributed by atoms with Gasteiger partial charge in [0, 0.05) is 5.92 Å². The highest BCUT2D eigenvalue weighted by molar-refractivity contribution is 5.43. The minimum absolute atomic E-state index is 0.000628. The number of aliphatic hydroxyl groups excluding tert-OH is 1. The Bertz CT molecular complexity index is 623. The largest absolute Gasteiger partial charge is 0.498 e. The van der Waals surface area contributed by atoms with Crippen LogP contribution < -0.4 is 0 Å². The first-order chi connectivity index (χ1) is 10.0. The average molecular weight is 292 g/mol. The van der Waals surface area contributed by atoms with Gasteiger partial charge in [-0.15, -0.1) is 0 Å². The predicted molar refractivity (Wildman–Crippen MR) is 73.4 cm³/mol. The first-order valence-electron chi connectivity index (χ1n) is 7.25. The Labute approximate surface area is 123 Å². The molecule has 3 aliphatic rings. The number of methoxy groups -OCH3 is 1. The van der Waals surface area contributed by atoms with Gasteiger partial charge in [-0.25, -0.2) is 0 Å². The summed E-state index contributed by atoms with van der Waals surface area (Å²) in [5, 5.41) is 15.1. The molecule has 5 atom stereocenters. The molecule has 1 saturated heterocycles. The topological polar surface area (TPSA) is 68.0 Å². The maximum Gasteiger partial charge on any atom is 0.160 e. The summed E-state index contributed by atoms with van der Waals surface area (Å²) in [7, 11) is 5.66. The van der Waals surface area contributed by atoms with Crippen LogP contribution in [0.2, 0.25) is 0 Å². The fourth-order valence-electron chi connectivity index (χ4n) is 4.38. The van der Waals surface area contributed by atoms with Gasteiger partial charge in [0.15, 0.2) is 11.4 Å². The second kappa shape index (κ2) is 4.09. The van der Waals surface area contributed by atoms with Crippen LogP contribution in [0, 0.1) is 12.8 Å². The van der Waals surface area contributed by atoms with Gasteiger partial charge in [-0.05, 0) is 33.5 Å². The van der Waals surface area contributed by atoms with E-state index in [0.29, 0.717) is 5.69 Å². The van der Waals surface area contributed by atoms with Crippen LogP contribution in [0.5, 0.6) is 0 Å². The van der Waals surface area contributed by atoms with Crippen LogP contribution in [0.4, 0.5) is 0 Å². The standard InChI is InChI=1S/C15H20N2O4/c1-7-11-13(21-16-7)12(17(2)3)9-5-8-6-10(19-4)15(9,20-8)14(11)18/h6,8-9,12,14,18H,5H2,1-4H3/t8-,9+,12+,14+,15+/m1/s1. The molecule has 1 spiro atoms. The summed E-state index contributed by atoms with van der Waals surface area (Å²) in [5.41, 5.74) is 0.652. The third-order valence-corrected chi connectivity index (χ3v) is 5.15. The van der Waals surface area contributed by atoms with Crippen molar-refractivity contribution < 1.29 is 19.1 Å². The Morgan fingerprint density at radius 2 is 2.24 bits per heavy atom. The second-order valence-electron chi connectivity index (χ2n) is 6.38. The molecule has 2 aliphatic heterocycles. The zero-order chi connectivity index (χ0) is 14.9. The van der Waals surface area contributed by atoms with Crippen molar-refractivity contribution >= 4 is 0 Å². The van der Waals surface area contributed by atoms with Crippen LogP contribution in [0.25, 0.3) is 0 Å². The molecule has 6 nitrogen and oxygen atoms in total. The molecule has 6 heteroatoms. The summed E-state index contributed by atoms with van der Waals surface area (Å²) in [5.74, 6) is 1.58. The number of hydrogen-bond donors (Lipinski definition) is 1. The molecule has 21 heavy (non-hydrogen) atoms. The summed E-state index contributed by atoms with van der Waals surface area (Å²) in [6, 6.07) is 0.0217. The van der Waals surface area contributed by atoms with E-state index < -0.39 is 11.7 Å². The monoisotopic (exact) mass is 292 g/mol. The highest BCUT2D eigenvalue weighted by Gasteiger charge is 2.67. The molecule has 1 fully saturated rings. The molecular formula is C15H20N2O4. The maximum atomic E-state index is 11.0. The Morgan fingerprint density at radius 3 is 2.90 bits per heavy atom. The van der Waals surface area contributed by atoms with Crippen molar-refractivity contribution in [1.29, 1.82) is 0 Å². The Balaban J connectivity index is 1.95. The number of aryl methyl sites for hydroxylation is 1. The fourth-order valence-corrected chi connectivity index (χ4v) is 4.38. The van der Waals surface area contributed by atoms with Gasteiger partial charge in [-0.1, -0.05) is 5.16 Å². The maximum absolute atomic E-state index is 11.0. The molecule has 0 saturated carbocycles. The van der Waals surface area contributed by atoms with Crippen molar-refractivity contribution in [2.45, 2.75) is 37.2 Å². The molecule has 2 bridgehead atoms. The van der Waals surface area contributed by atoms with E-state index in [-0.39, 0.29) is 18.1 Å². The van der Waals surface area contributed by atoms with Gasteiger partial charge in [0.1, 0.15) is 11.9 Å². The fraction of sp³-hybridized carbons (Fsp3) is 0.667. The van der Waals surface area contributed by atoms with E-state index >= 15 is 0 Å². The average Bonchev–Trinajstić information content (AvgIpc) is 3.09. The van der Waals surface area contributed by atoms with Gasteiger partial charge in [-0.2, -0.15) is 0 Å². The van der Waals surface area contributed by atoms with Crippen LogP contribution in [0.15, 0.2) is 16.4 Å². The van der Waals surface area contributed by atoms with Crippen molar-refractivity contribution in [3.8, 4) is 0 Å². The number of nitrogens with zero attached hydrogens (tertiary/aromatic N) is 2. The van der Waals surface area contributed by atoms with Crippen LogP contribution >= 0.6 is 0 Å². The highest BCUT2D eigenvalue weighted by Crippen LogP contribution is 2.62. The summed E-state index contributed by atoms with van der Waals surface area (Å²) >= 11 is 0. The summed E-state index contributed by atoms with van der Waals surface area (Å²) in [6.07, 6.45) is 2.03. The minimum Gasteiger partial charge on any atom is -0.498 e. The van der Waals surface area contributed by atoms with Gasteiger partial charge < -0.3 is 19.1 Å². The normalized spacial score (nSPS) is 40.2. The third-order valence-electron chi connectivity index (χ3n) is 5.15. The quantitative estimate of drug-likeness (QED) is 0.886. The third kappa shape index (κ3) is 1.40. The summed E-state index contributed by atoms with van der Waals surface area (Å²) in [4.78, 5) is 2.11. The molecule has 1 aromatic rings. The molecule has 0 unspecified atom stereocenters. The van der Waals surface area contributed by atoms with Crippen LogP contribution in [0.3, 0.4) is 0 Å². The van der Waals surface area contributed by atoms with Gasteiger partial charge in [-0.3, -0.25) is 4.90 Å². The lowest BCUT2D eigenvalue weighted by atomic mass is 9.66. The van der Waals surface area contributed by atoms with Crippen molar-refractivity contribution in [3.63, 3.8) is 0 Å². The van der Waals surface area contributed by atoms with Crippen molar-refractivity contribution in [3.05, 3.63) is 28.9 Å². The lowest BCUT2D eigenvalue weighted by Crippen LogP contribution is -2.51. The number of hydrogen-bond acceptors (Lipinski definition) is 6. The van der Waals surface area contributed by atoms with Crippen LogP contribution in [-0.2, 0) is 9.47 Å². The first kappa shape index (κ1) is 13.3. The van der Waals surface area contributed by atoms with Gasteiger partial charge in [0.05, 0.1) is 30.5 Å². The van der Waals surface area contributed by atoms with E-state index in [1.165, 1.54) is 0 Å². The van der Waals surface area contributed by atoms with E-state index in [1.54, 1.807) is 7.11 Å². The molecule has 0 aromatic carbocycles. The lowest BCUT2D eigenvalue weighted by molar-refractivity contribution is -0.131. The molecule has 0 radical (unpaired) electrons. The Morgan fingerprint density at radius 1 is 1.48 bits per heavy atom. The highest BCUT2D eigenvalue weighted by atomic mass is 16.6. The van der Waals surface area contributed by atoms with Crippen LogP contribution in [-0.4, -0.2) is 48.1 Å². The second-order valence-corrected chi connectivity index (χ2v) is 6.38. The van der Waals surface area contributed by atoms with E-state index in [4.69, 9.17) is 14.0 Å². The van der Waals surface area contributed by atoms with Gasteiger partial charge >= 0.3 is 0 Å². The van der Waals surface area contributed by atoms with E-state index in [2.05, 4.69) is 10.1 Å². The molecule has 114 valence electrons.